The molecule has 0 aromatic carbocycles. The monoisotopic (exact) mass is 286 g/mol. The molecule has 0 unspecified atom stereocenters. The van der Waals surface area contributed by atoms with Gasteiger partial charge in [0, 0.05) is 39.6 Å². The van der Waals surface area contributed by atoms with Crippen molar-refractivity contribution >= 4 is 14.6 Å². The van der Waals surface area contributed by atoms with Crippen LogP contribution in [0, 0.1) is 17.8 Å². The van der Waals surface area contributed by atoms with Gasteiger partial charge in [-0.15, -0.1) is 0 Å². The normalized spacial score (nSPS) is 22.8. The Balaban J connectivity index is 1.53. The van der Waals surface area contributed by atoms with Crippen molar-refractivity contribution in [3.63, 3.8) is 0 Å². The van der Waals surface area contributed by atoms with Gasteiger partial charge < -0.3 is 27.9 Å². The van der Waals surface area contributed by atoms with E-state index in [0.717, 1.165) is 0 Å². The number of hydrogen-bond acceptors (Lipinski definition) is 6. The Labute approximate surface area is 121 Å². The van der Waals surface area contributed by atoms with E-state index in [1.54, 1.807) is 0 Å². The Hall–Kier alpha value is -0.110. The highest BCUT2D eigenvalue weighted by atomic mass is 16.7. The van der Waals surface area contributed by atoms with Gasteiger partial charge in [0.15, 0.2) is 0 Å². The maximum atomic E-state index is 5.54. The van der Waals surface area contributed by atoms with Crippen molar-refractivity contribution < 1.29 is 27.9 Å². The van der Waals surface area contributed by atoms with Gasteiger partial charge in [-0.3, -0.25) is 0 Å². The summed E-state index contributed by atoms with van der Waals surface area (Å²) in [6.07, 6.45) is 0. The minimum Gasteiger partial charge on any atom is -0.386 e. The highest BCUT2D eigenvalue weighted by Gasteiger charge is 2.30. The summed E-state index contributed by atoms with van der Waals surface area (Å²) in [6, 6.07) is 0. The van der Waals surface area contributed by atoms with Crippen LogP contribution in [0.15, 0.2) is 0 Å². The van der Waals surface area contributed by atoms with Gasteiger partial charge in [-0.05, 0) is 17.8 Å². The van der Waals surface area contributed by atoms with E-state index in [-0.39, 0.29) is 5.92 Å². The maximum absolute atomic E-state index is 5.54. The molecule has 2 aliphatic rings. The molecule has 0 radical (unpaired) electrons. The average molecular weight is 286 g/mol. The summed E-state index contributed by atoms with van der Waals surface area (Å²) in [4.78, 5) is 0. The number of hydrogen-bond donors (Lipinski definition) is 0. The van der Waals surface area contributed by atoms with Crippen molar-refractivity contribution in [2.45, 2.75) is 20.8 Å². The molecule has 0 aliphatic carbocycles. The van der Waals surface area contributed by atoms with Crippen molar-refractivity contribution in [1.82, 2.24) is 0 Å². The highest BCUT2D eigenvalue weighted by molar-refractivity contribution is 6.36. The van der Waals surface area contributed by atoms with E-state index in [1.807, 2.05) is 6.92 Å². The molecule has 0 spiro atoms. The third-order valence-corrected chi connectivity index (χ3v) is 3.10. The maximum Gasteiger partial charge on any atom is 0.639 e. The van der Waals surface area contributed by atoms with Gasteiger partial charge in [0.25, 0.3) is 0 Å². The molecule has 0 aromatic heterocycles. The fraction of sp³-hybridized carbons (Fsp3) is 1.00. The van der Waals surface area contributed by atoms with E-state index in [9.17, 15) is 0 Å². The van der Waals surface area contributed by atoms with Crippen LogP contribution in [0.25, 0.3) is 0 Å². The number of rotatable bonds is 6. The van der Waals surface area contributed by atoms with Crippen LogP contribution >= 0.6 is 0 Å². The van der Waals surface area contributed by atoms with Crippen LogP contribution in [0.1, 0.15) is 20.8 Å². The van der Waals surface area contributed by atoms with Crippen LogP contribution in [-0.2, 0) is 27.9 Å². The first-order valence-electron chi connectivity index (χ1n) is 7.33. The SMILES string of the molecule is CC1COB(OCC(C)COB2OCC(C)CO2)OC1. The largest absolute Gasteiger partial charge is 0.639 e. The summed E-state index contributed by atoms with van der Waals surface area (Å²) in [5, 5.41) is 0. The van der Waals surface area contributed by atoms with E-state index in [0.29, 0.717) is 51.5 Å². The van der Waals surface area contributed by atoms with Crippen molar-refractivity contribution in [1.29, 1.82) is 0 Å². The smallest absolute Gasteiger partial charge is 0.386 e. The molecule has 2 aliphatic heterocycles. The molecular weight excluding hydrogens is 262 g/mol. The van der Waals surface area contributed by atoms with Gasteiger partial charge in [0.05, 0.1) is 0 Å². The lowest BCUT2D eigenvalue weighted by molar-refractivity contribution is 0.000574. The molecule has 0 aromatic rings. The van der Waals surface area contributed by atoms with E-state index in [4.69, 9.17) is 27.9 Å². The molecule has 6 nitrogen and oxygen atoms in total. The minimum absolute atomic E-state index is 0.216. The average Bonchev–Trinajstić information content (AvgIpc) is 2.46. The summed E-state index contributed by atoms with van der Waals surface area (Å²) in [7, 11) is -1.09. The lowest BCUT2D eigenvalue weighted by atomic mass is 10.1. The summed E-state index contributed by atoms with van der Waals surface area (Å²) < 4.78 is 32.7. The van der Waals surface area contributed by atoms with Crippen LogP contribution in [-0.4, -0.2) is 54.3 Å². The molecule has 2 rings (SSSR count). The molecular formula is C12H24B2O6. The Bertz CT molecular complexity index is 241. The summed E-state index contributed by atoms with van der Waals surface area (Å²) >= 11 is 0. The second-order valence-electron chi connectivity index (χ2n) is 5.89. The van der Waals surface area contributed by atoms with Crippen LogP contribution in [0.3, 0.4) is 0 Å². The van der Waals surface area contributed by atoms with Gasteiger partial charge >= 0.3 is 14.6 Å². The van der Waals surface area contributed by atoms with Crippen molar-refractivity contribution in [2.24, 2.45) is 17.8 Å². The molecule has 0 amide bonds. The van der Waals surface area contributed by atoms with Crippen molar-refractivity contribution in [3.05, 3.63) is 0 Å². The van der Waals surface area contributed by atoms with Gasteiger partial charge in [-0.25, -0.2) is 0 Å². The quantitative estimate of drug-likeness (QED) is 0.679. The molecule has 8 heteroatoms. The van der Waals surface area contributed by atoms with Gasteiger partial charge in [-0.1, -0.05) is 20.8 Å². The summed E-state index contributed by atoms with van der Waals surface area (Å²) in [6.45, 7) is 9.95. The Morgan fingerprint density at radius 1 is 0.850 bits per heavy atom. The first-order chi connectivity index (χ1) is 9.63. The second-order valence-corrected chi connectivity index (χ2v) is 5.89. The third kappa shape index (κ3) is 5.71. The predicted molar refractivity (Wildman–Crippen MR) is 74.7 cm³/mol. The zero-order valence-electron chi connectivity index (χ0n) is 12.6. The van der Waals surface area contributed by atoms with E-state index in [2.05, 4.69) is 13.8 Å². The zero-order valence-corrected chi connectivity index (χ0v) is 12.6. The fourth-order valence-corrected chi connectivity index (χ4v) is 1.89. The molecule has 0 bridgehead atoms. The molecule has 0 saturated carbocycles. The van der Waals surface area contributed by atoms with Crippen LogP contribution in [0.2, 0.25) is 0 Å². The fourth-order valence-electron chi connectivity index (χ4n) is 1.89. The molecule has 20 heavy (non-hydrogen) atoms. The minimum atomic E-state index is -0.545. The Morgan fingerprint density at radius 2 is 1.20 bits per heavy atom. The van der Waals surface area contributed by atoms with Crippen LogP contribution in [0.4, 0.5) is 0 Å². The predicted octanol–water partition coefficient (Wildman–Crippen LogP) is 0.991. The van der Waals surface area contributed by atoms with Crippen molar-refractivity contribution in [2.75, 3.05) is 39.6 Å². The van der Waals surface area contributed by atoms with Crippen LogP contribution < -0.4 is 0 Å². The summed E-state index contributed by atoms with van der Waals surface area (Å²) in [5.74, 6) is 1.07. The third-order valence-electron chi connectivity index (χ3n) is 3.10. The second kappa shape index (κ2) is 8.36. The van der Waals surface area contributed by atoms with Crippen LogP contribution in [0.5, 0.6) is 0 Å². The van der Waals surface area contributed by atoms with Gasteiger partial charge in [0.2, 0.25) is 0 Å². The zero-order chi connectivity index (χ0) is 14.4. The first kappa shape index (κ1) is 16.3. The van der Waals surface area contributed by atoms with Crippen molar-refractivity contribution in [3.8, 4) is 0 Å². The Kier molecular flexibility index (Phi) is 6.80. The van der Waals surface area contributed by atoms with Gasteiger partial charge in [-0.2, -0.15) is 0 Å². The lowest BCUT2D eigenvalue weighted by Crippen LogP contribution is -2.39. The molecule has 2 fully saturated rings. The molecule has 0 N–H and O–H groups in total. The first-order valence-corrected chi connectivity index (χ1v) is 7.33. The van der Waals surface area contributed by atoms with Gasteiger partial charge in [0.1, 0.15) is 0 Å². The molecule has 2 heterocycles. The highest BCUT2D eigenvalue weighted by Crippen LogP contribution is 2.12. The lowest BCUT2D eigenvalue weighted by Gasteiger charge is -2.26. The topological polar surface area (TPSA) is 55.4 Å². The Morgan fingerprint density at radius 3 is 1.55 bits per heavy atom. The van der Waals surface area contributed by atoms with E-state index in [1.165, 1.54) is 0 Å². The molecule has 2 saturated heterocycles. The molecule has 0 atom stereocenters. The van der Waals surface area contributed by atoms with E-state index < -0.39 is 14.6 Å². The standard InChI is InChI=1S/C12H24B2O6/c1-10-4-15-13(16-5-10)19-8-12(3)9-20-14-17-6-11(2)7-18-14/h10-12H,4-9H2,1-3H3. The van der Waals surface area contributed by atoms with E-state index >= 15 is 0 Å². The summed E-state index contributed by atoms with van der Waals surface area (Å²) in [5.41, 5.74) is 0. The molecule has 114 valence electrons.